The van der Waals surface area contributed by atoms with Gasteiger partial charge in [-0.25, -0.2) is 4.79 Å². The quantitative estimate of drug-likeness (QED) is 0.591. The van der Waals surface area contributed by atoms with Crippen LogP contribution in [0.15, 0.2) is 42.5 Å². The third-order valence-electron chi connectivity index (χ3n) is 6.43. The lowest BCUT2D eigenvalue weighted by Gasteiger charge is -2.41. The number of carbonyl (C=O) groups is 2. The summed E-state index contributed by atoms with van der Waals surface area (Å²) in [5.41, 5.74) is 1.85. The monoisotopic (exact) mass is 459 g/mol. The Balaban J connectivity index is 1.34. The number of hydrogen-bond acceptors (Lipinski definition) is 2. The number of carbonyl (C=O) groups excluding carboxylic acids is 2. The van der Waals surface area contributed by atoms with E-state index in [2.05, 4.69) is 10.6 Å². The summed E-state index contributed by atoms with van der Waals surface area (Å²) in [6, 6.07) is 12.0. The van der Waals surface area contributed by atoms with Crippen LogP contribution in [-0.4, -0.2) is 29.9 Å². The summed E-state index contributed by atoms with van der Waals surface area (Å²) in [5, 5.41) is 6.47. The molecular weight excluding hydrogens is 433 g/mol. The number of nitrogens with one attached hydrogen (secondary N) is 2. The normalized spacial score (nSPS) is 20.6. The molecule has 31 heavy (non-hydrogen) atoms. The lowest BCUT2D eigenvalue weighted by atomic mass is 9.75. The Kier molecular flexibility index (Phi) is 7.03. The van der Waals surface area contributed by atoms with Crippen molar-refractivity contribution in [2.24, 2.45) is 11.8 Å². The molecule has 2 aromatic rings. The van der Waals surface area contributed by atoms with E-state index in [4.69, 9.17) is 23.2 Å². The molecule has 2 aromatic carbocycles. The largest absolute Gasteiger partial charge is 0.338 e. The average Bonchev–Trinajstić information content (AvgIpc) is 2.78. The third-order valence-corrected chi connectivity index (χ3v) is 7.11. The molecule has 0 bridgehead atoms. The number of hydrogen-bond donors (Lipinski definition) is 2. The maximum Gasteiger partial charge on any atom is 0.319 e. The minimum atomic E-state index is -0.366. The van der Waals surface area contributed by atoms with E-state index >= 15 is 0 Å². The van der Waals surface area contributed by atoms with E-state index in [-0.39, 0.29) is 11.9 Å². The molecule has 5 nitrogen and oxygen atoms in total. The number of amides is 3. The molecule has 1 saturated carbocycles. The maximum atomic E-state index is 13.0. The molecule has 1 saturated heterocycles. The van der Waals surface area contributed by atoms with Gasteiger partial charge in [0.2, 0.25) is 0 Å². The van der Waals surface area contributed by atoms with Gasteiger partial charge in [-0.15, -0.1) is 0 Å². The van der Waals surface area contributed by atoms with Crippen LogP contribution in [0.3, 0.4) is 0 Å². The predicted octanol–water partition coefficient (Wildman–Crippen LogP) is 5.97. The second kappa shape index (κ2) is 9.92. The Morgan fingerprint density at radius 2 is 1.74 bits per heavy atom. The van der Waals surface area contributed by atoms with E-state index in [0.29, 0.717) is 33.8 Å². The van der Waals surface area contributed by atoms with Gasteiger partial charge in [-0.05, 0) is 54.5 Å². The number of halogens is 2. The number of likely N-dealkylation sites (tertiary alicyclic amines) is 1. The molecule has 0 radical (unpaired) electrons. The van der Waals surface area contributed by atoms with Crippen LogP contribution in [-0.2, 0) is 6.54 Å². The fourth-order valence-electron chi connectivity index (χ4n) is 4.71. The first-order chi connectivity index (χ1) is 15.0. The highest BCUT2D eigenvalue weighted by atomic mass is 35.5. The number of benzene rings is 2. The van der Waals surface area contributed by atoms with Crippen molar-refractivity contribution in [3.63, 3.8) is 0 Å². The lowest BCUT2D eigenvalue weighted by molar-refractivity contribution is 0.0521. The standard InChI is InChI=1S/C24H27Cl2N3O2/c25-21-8-4-3-6-17(21)14-27-24(31)28-19-9-10-20(22(26)13-19)23(30)29-12-11-16-5-1-2-7-18(16)15-29/h3-4,6,8-10,13,16,18H,1-2,5,7,11-12,14-15H2,(H2,27,28,31)/t16-,18+/m1/s1. The van der Waals surface area contributed by atoms with Crippen molar-refractivity contribution in [2.45, 2.75) is 38.6 Å². The van der Waals surface area contributed by atoms with Crippen LogP contribution in [0.2, 0.25) is 10.0 Å². The zero-order chi connectivity index (χ0) is 21.8. The van der Waals surface area contributed by atoms with Crippen molar-refractivity contribution in [3.05, 3.63) is 63.6 Å². The minimum absolute atomic E-state index is 0.0243. The first-order valence-electron chi connectivity index (χ1n) is 10.9. The number of fused-ring (bicyclic) bond motifs is 1. The van der Waals surface area contributed by atoms with Crippen LogP contribution in [0.5, 0.6) is 0 Å². The van der Waals surface area contributed by atoms with Gasteiger partial charge in [-0.3, -0.25) is 4.79 Å². The smallest absolute Gasteiger partial charge is 0.319 e. The lowest BCUT2D eigenvalue weighted by Crippen LogP contribution is -2.44. The SMILES string of the molecule is O=C(NCc1ccccc1Cl)Nc1ccc(C(=O)N2CC[C@H]3CCCC[C@H]3C2)c(Cl)c1. The molecule has 2 fully saturated rings. The van der Waals surface area contributed by atoms with Gasteiger partial charge in [-0.1, -0.05) is 60.7 Å². The van der Waals surface area contributed by atoms with Gasteiger partial charge in [0.15, 0.2) is 0 Å². The second-order valence-corrected chi connectivity index (χ2v) is 9.25. The predicted molar refractivity (Wildman–Crippen MR) is 125 cm³/mol. The van der Waals surface area contributed by atoms with Crippen LogP contribution in [0, 0.1) is 11.8 Å². The molecule has 2 atom stereocenters. The summed E-state index contributed by atoms with van der Waals surface area (Å²) in [6.07, 6.45) is 6.18. The number of urea groups is 1. The van der Waals surface area contributed by atoms with Gasteiger partial charge in [-0.2, -0.15) is 0 Å². The van der Waals surface area contributed by atoms with Crippen LogP contribution in [0.1, 0.15) is 48.0 Å². The summed E-state index contributed by atoms with van der Waals surface area (Å²) in [7, 11) is 0. The number of nitrogens with zero attached hydrogens (tertiary/aromatic N) is 1. The Hall–Kier alpha value is -2.24. The van der Waals surface area contributed by atoms with E-state index in [1.165, 1.54) is 25.7 Å². The average molecular weight is 460 g/mol. The molecule has 2 aliphatic rings. The molecule has 3 amide bonds. The number of anilines is 1. The van der Waals surface area contributed by atoms with Gasteiger partial charge in [0.05, 0.1) is 10.6 Å². The Bertz CT molecular complexity index is 966. The van der Waals surface area contributed by atoms with Crippen molar-refractivity contribution in [1.29, 1.82) is 0 Å². The molecule has 7 heteroatoms. The molecule has 164 valence electrons. The highest BCUT2D eigenvalue weighted by molar-refractivity contribution is 6.34. The summed E-state index contributed by atoms with van der Waals surface area (Å²) in [5.74, 6) is 1.36. The Morgan fingerprint density at radius 3 is 2.52 bits per heavy atom. The fraction of sp³-hybridized carbons (Fsp3) is 0.417. The highest BCUT2D eigenvalue weighted by Crippen LogP contribution is 2.36. The fourth-order valence-corrected chi connectivity index (χ4v) is 5.18. The number of rotatable bonds is 4. The van der Waals surface area contributed by atoms with Gasteiger partial charge < -0.3 is 15.5 Å². The number of piperidine rings is 1. The molecule has 1 aliphatic heterocycles. The summed E-state index contributed by atoms with van der Waals surface area (Å²) in [6.45, 7) is 1.93. The zero-order valence-electron chi connectivity index (χ0n) is 17.4. The Labute approximate surface area is 193 Å². The first kappa shape index (κ1) is 22.0. The van der Waals surface area contributed by atoms with Crippen molar-refractivity contribution >= 4 is 40.8 Å². The van der Waals surface area contributed by atoms with Crippen LogP contribution >= 0.6 is 23.2 Å². The second-order valence-electron chi connectivity index (χ2n) is 8.44. The summed E-state index contributed by atoms with van der Waals surface area (Å²) < 4.78 is 0. The minimum Gasteiger partial charge on any atom is -0.338 e. The van der Waals surface area contributed by atoms with Crippen molar-refractivity contribution in [3.8, 4) is 0 Å². The molecule has 0 unspecified atom stereocenters. The molecule has 2 N–H and O–H groups in total. The van der Waals surface area contributed by atoms with Crippen molar-refractivity contribution < 1.29 is 9.59 Å². The van der Waals surface area contributed by atoms with E-state index < -0.39 is 0 Å². The van der Waals surface area contributed by atoms with E-state index in [9.17, 15) is 9.59 Å². The maximum absolute atomic E-state index is 13.0. The molecule has 4 rings (SSSR count). The van der Waals surface area contributed by atoms with Gasteiger partial charge in [0.25, 0.3) is 5.91 Å². The van der Waals surface area contributed by atoms with Gasteiger partial charge in [0, 0.05) is 30.3 Å². The molecule has 1 aliphatic carbocycles. The van der Waals surface area contributed by atoms with Crippen molar-refractivity contribution in [1.82, 2.24) is 10.2 Å². The van der Waals surface area contributed by atoms with E-state index in [1.54, 1.807) is 24.3 Å². The third kappa shape index (κ3) is 5.34. The van der Waals surface area contributed by atoms with Gasteiger partial charge in [0.1, 0.15) is 0 Å². The molecule has 0 aromatic heterocycles. The van der Waals surface area contributed by atoms with Crippen LogP contribution < -0.4 is 10.6 Å². The topological polar surface area (TPSA) is 61.4 Å². The highest BCUT2D eigenvalue weighted by Gasteiger charge is 2.33. The van der Waals surface area contributed by atoms with E-state index in [1.807, 2.05) is 23.1 Å². The zero-order valence-corrected chi connectivity index (χ0v) is 18.9. The summed E-state index contributed by atoms with van der Waals surface area (Å²) >= 11 is 12.5. The molecule has 0 spiro atoms. The van der Waals surface area contributed by atoms with Crippen LogP contribution in [0.4, 0.5) is 10.5 Å². The van der Waals surface area contributed by atoms with E-state index in [0.717, 1.165) is 31.0 Å². The molecular formula is C24H27Cl2N3O2. The first-order valence-corrected chi connectivity index (χ1v) is 11.6. The van der Waals surface area contributed by atoms with Gasteiger partial charge >= 0.3 is 6.03 Å². The molecule has 1 heterocycles. The summed E-state index contributed by atoms with van der Waals surface area (Å²) in [4.78, 5) is 27.2. The van der Waals surface area contributed by atoms with Crippen LogP contribution in [0.25, 0.3) is 0 Å². The van der Waals surface area contributed by atoms with Crippen molar-refractivity contribution in [2.75, 3.05) is 18.4 Å². The Morgan fingerprint density at radius 1 is 0.968 bits per heavy atom.